The number of ether oxygens (including phenoxy) is 2. The van der Waals surface area contributed by atoms with E-state index in [1.165, 1.54) is 14.2 Å². The van der Waals surface area contributed by atoms with Gasteiger partial charge in [-0.25, -0.2) is 4.98 Å². The number of alkyl halides is 3. The first-order chi connectivity index (χ1) is 14.3. The summed E-state index contributed by atoms with van der Waals surface area (Å²) in [7, 11) is 2.97. The maximum absolute atomic E-state index is 13.1. The van der Waals surface area contributed by atoms with Crippen molar-refractivity contribution in [1.29, 1.82) is 0 Å². The van der Waals surface area contributed by atoms with E-state index in [9.17, 15) is 13.2 Å². The van der Waals surface area contributed by atoms with Crippen LogP contribution in [0.4, 0.5) is 24.9 Å². The molecule has 0 radical (unpaired) electrons. The lowest BCUT2D eigenvalue weighted by Gasteiger charge is -2.21. The maximum atomic E-state index is 13.1. The van der Waals surface area contributed by atoms with Gasteiger partial charge >= 0.3 is 6.18 Å². The Morgan fingerprint density at radius 3 is 2.33 bits per heavy atom. The lowest BCUT2D eigenvalue weighted by molar-refractivity contribution is -0.137. The van der Waals surface area contributed by atoms with Crippen LogP contribution in [0.25, 0.3) is 10.9 Å². The van der Waals surface area contributed by atoms with E-state index in [4.69, 9.17) is 15.2 Å². The Labute approximate surface area is 172 Å². The summed E-state index contributed by atoms with van der Waals surface area (Å²) in [6, 6.07) is 11.7. The number of nitrogens with zero attached hydrogens (tertiary/aromatic N) is 2. The summed E-state index contributed by atoms with van der Waals surface area (Å²) >= 11 is 0. The van der Waals surface area contributed by atoms with Gasteiger partial charge in [0.25, 0.3) is 0 Å². The van der Waals surface area contributed by atoms with Crippen molar-refractivity contribution < 1.29 is 22.6 Å². The zero-order chi connectivity index (χ0) is 21.7. The van der Waals surface area contributed by atoms with Gasteiger partial charge in [0.15, 0.2) is 11.5 Å². The van der Waals surface area contributed by atoms with Crippen molar-refractivity contribution in [1.82, 2.24) is 9.97 Å². The Morgan fingerprint density at radius 1 is 1.03 bits per heavy atom. The molecule has 1 atom stereocenters. The fourth-order valence-electron chi connectivity index (χ4n) is 3.22. The number of rotatable bonds is 8. The fourth-order valence-corrected chi connectivity index (χ4v) is 3.22. The molecule has 0 saturated heterocycles. The highest BCUT2D eigenvalue weighted by atomic mass is 19.4. The number of aromatic nitrogens is 2. The highest BCUT2D eigenvalue weighted by Crippen LogP contribution is 2.34. The van der Waals surface area contributed by atoms with Gasteiger partial charge in [0, 0.05) is 17.5 Å². The summed E-state index contributed by atoms with van der Waals surface area (Å²) in [5.74, 6) is 1.07. The third-order valence-electron chi connectivity index (χ3n) is 4.67. The van der Waals surface area contributed by atoms with Crippen LogP contribution in [-0.2, 0) is 6.42 Å². The van der Waals surface area contributed by atoms with Crippen LogP contribution in [0.15, 0.2) is 42.5 Å². The topological polar surface area (TPSA) is 82.3 Å². The van der Waals surface area contributed by atoms with Crippen LogP contribution in [-0.4, -0.2) is 36.4 Å². The summed E-state index contributed by atoms with van der Waals surface area (Å²) in [5.41, 5.74) is 7.43. The van der Waals surface area contributed by atoms with Gasteiger partial charge in [0.2, 0.25) is 5.95 Å². The smallest absolute Gasteiger partial charge is 0.391 e. The van der Waals surface area contributed by atoms with E-state index in [0.29, 0.717) is 28.8 Å². The first-order valence-corrected chi connectivity index (χ1v) is 9.35. The molecule has 0 saturated carbocycles. The van der Waals surface area contributed by atoms with Crippen LogP contribution in [0.1, 0.15) is 18.4 Å². The van der Waals surface area contributed by atoms with Gasteiger partial charge in [-0.1, -0.05) is 30.3 Å². The van der Waals surface area contributed by atoms with Crippen molar-refractivity contribution in [2.24, 2.45) is 0 Å². The molecule has 0 fully saturated rings. The summed E-state index contributed by atoms with van der Waals surface area (Å²) < 4.78 is 49.8. The van der Waals surface area contributed by atoms with Crippen molar-refractivity contribution in [2.75, 3.05) is 25.3 Å². The Bertz CT molecular complexity index is 997. The van der Waals surface area contributed by atoms with Crippen LogP contribution >= 0.6 is 0 Å². The van der Waals surface area contributed by atoms with Crippen LogP contribution in [0.2, 0.25) is 0 Å². The van der Waals surface area contributed by atoms with E-state index in [1.807, 2.05) is 30.3 Å². The second-order valence-corrected chi connectivity index (χ2v) is 6.84. The molecule has 3 N–H and O–H groups in total. The molecule has 1 unspecified atom stereocenters. The standard InChI is InChI=1S/C21H23F3N4O2/c1-29-17-10-15-16(11-18(17)30-2)27-20(28-19(15)25)26-14(12-21(22,23)24)9-8-13-6-4-3-5-7-13/h3-7,10-11,14H,8-9,12H2,1-2H3,(H3,25,26,27,28). The van der Waals surface area contributed by atoms with E-state index in [0.717, 1.165) is 5.56 Å². The lowest BCUT2D eigenvalue weighted by atomic mass is 10.0. The molecule has 9 heteroatoms. The number of benzene rings is 2. The minimum Gasteiger partial charge on any atom is -0.493 e. The van der Waals surface area contributed by atoms with Crippen molar-refractivity contribution in [3.8, 4) is 11.5 Å². The van der Waals surface area contributed by atoms with Gasteiger partial charge in [0.1, 0.15) is 5.82 Å². The average molecular weight is 420 g/mol. The normalized spacial score (nSPS) is 12.6. The van der Waals surface area contributed by atoms with Crippen LogP contribution in [0.5, 0.6) is 11.5 Å². The summed E-state index contributed by atoms with van der Waals surface area (Å²) in [6.45, 7) is 0. The van der Waals surface area contributed by atoms with E-state index in [1.54, 1.807) is 12.1 Å². The van der Waals surface area contributed by atoms with Crippen LogP contribution in [0, 0.1) is 0 Å². The quantitative estimate of drug-likeness (QED) is 0.555. The molecule has 0 aliphatic rings. The molecule has 0 bridgehead atoms. The second-order valence-electron chi connectivity index (χ2n) is 6.84. The van der Waals surface area contributed by atoms with Crippen molar-refractivity contribution >= 4 is 22.7 Å². The second kappa shape index (κ2) is 9.06. The number of fused-ring (bicyclic) bond motifs is 1. The summed E-state index contributed by atoms with van der Waals surface area (Å²) in [6.07, 6.45) is -4.58. The van der Waals surface area contributed by atoms with Gasteiger partial charge in [-0.05, 0) is 24.5 Å². The van der Waals surface area contributed by atoms with Crippen LogP contribution in [0.3, 0.4) is 0 Å². The van der Waals surface area contributed by atoms with Gasteiger partial charge in [-0.2, -0.15) is 18.2 Å². The number of aryl methyl sites for hydroxylation is 1. The number of methoxy groups -OCH3 is 2. The summed E-state index contributed by atoms with van der Waals surface area (Å²) in [4.78, 5) is 8.49. The Morgan fingerprint density at radius 2 is 1.70 bits per heavy atom. The molecular weight excluding hydrogens is 397 g/mol. The Kier molecular flexibility index (Phi) is 6.49. The molecular formula is C21H23F3N4O2. The first-order valence-electron chi connectivity index (χ1n) is 9.35. The van der Waals surface area contributed by atoms with Gasteiger partial charge in [-0.15, -0.1) is 0 Å². The molecule has 30 heavy (non-hydrogen) atoms. The SMILES string of the molecule is COc1cc2nc(NC(CCc3ccccc3)CC(F)(F)F)nc(N)c2cc1OC. The minimum absolute atomic E-state index is 0.0366. The van der Waals surface area contributed by atoms with Crippen molar-refractivity contribution in [3.05, 3.63) is 48.0 Å². The Balaban J connectivity index is 1.86. The van der Waals surface area contributed by atoms with Crippen molar-refractivity contribution in [3.63, 3.8) is 0 Å². The number of nitrogens with two attached hydrogens (primary N) is 1. The van der Waals surface area contributed by atoms with Gasteiger partial charge in [-0.3, -0.25) is 0 Å². The number of hydrogen-bond donors (Lipinski definition) is 2. The monoisotopic (exact) mass is 420 g/mol. The zero-order valence-corrected chi connectivity index (χ0v) is 16.7. The molecule has 1 aromatic heterocycles. The highest BCUT2D eigenvalue weighted by molar-refractivity contribution is 5.91. The van der Waals surface area contributed by atoms with Gasteiger partial charge < -0.3 is 20.5 Å². The summed E-state index contributed by atoms with van der Waals surface area (Å²) in [5, 5.41) is 3.33. The van der Waals surface area contributed by atoms with E-state index in [2.05, 4.69) is 15.3 Å². The highest BCUT2D eigenvalue weighted by Gasteiger charge is 2.32. The molecule has 1 heterocycles. The Hall–Kier alpha value is -3.23. The number of halogens is 3. The zero-order valence-electron chi connectivity index (χ0n) is 16.7. The lowest BCUT2D eigenvalue weighted by Crippen LogP contribution is -2.28. The largest absolute Gasteiger partial charge is 0.493 e. The predicted molar refractivity (Wildman–Crippen MR) is 110 cm³/mol. The number of anilines is 2. The first kappa shape index (κ1) is 21.5. The number of nitrogens with one attached hydrogen (secondary N) is 1. The van der Waals surface area contributed by atoms with E-state index < -0.39 is 18.6 Å². The molecule has 0 amide bonds. The molecule has 3 aromatic rings. The molecule has 160 valence electrons. The van der Waals surface area contributed by atoms with Gasteiger partial charge in [0.05, 0.1) is 26.2 Å². The number of hydrogen-bond acceptors (Lipinski definition) is 6. The molecule has 0 aliphatic carbocycles. The fraction of sp³-hybridized carbons (Fsp3) is 0.333. The molecule has 0 aliphatic heterocycles. The molecule has 3 rings (SSSR count). The molecule has 2 aromatic carbocycles. The third kappa shape index (κ3) is 5.43. The molecule has 6 nitrogen and oxygen atoms in total. The predicted octanol–water partition coefficient (Wildman–Crippen LogP) is 4.59. The van der Waals surface area contributed by atoms with E-state index in [-0.39, 0.29) is 18.2 Å². The average Bonchev–Trinajstić information content (AvgIpc) is 2.71. The molecule has 0 spiro atoms. The van der Waals surface area contributed by atoms with E-state index >= 15 is 0 Å². The van der Waals surface area contributed by atoms with Crippen molar-refractivity contribution in [2.45, 2.75) is 31.5 Å². The third-order valence-corrected chi connectivity index (χ3v) is 4.67. The number of nitrogen functional groups attached to an aromatic ring is 1. The maximum Gasteiger partial charge on any atom is 0.391 e. The van der Waals surface area contributed by atoms with Crippen LogP contribution < -0.4 is 20.5 Å². The minimum atomic E-state index is -4.33.